The summed E-state index contributed by atoms with van der Waals surface area (Å²) in [5, 5.41) is 2.93. The van der Waals surface area contributed by atoms with Crippen LogP contribution in [-0.4, -0.2) is 33.1 Å². The van der Waals surface area contributed by atoms with Gasteiger partial charge in [0.05, 0.1) is 12.9 Å². The van der Waals surface area contributed by atoms with Gasteiger partial charge < -0.3 is 10.1 Å². The Hall–Kier alpha value is -0.570. The van der Waals surface area contributed by atoms with E-state index in [-0.39, 0.29) is 0 Å². The lowest BCUT2D eigenvalue weighted by atomic mass is 10.7. The minimum Gasteiger partial charge on any atom is -0.385 e. The maximum atomic E-state index is 4.54. The molecule has 0 amide bonds. The van der Waals surface area contributed by atoms with E-state index in [0.717, 1.165) is 19.7 Å². The molecule has 1 aliphatic heterocycles. The predicted octanol–water partition coefficient (Wildman–Crippen LogP) is 1.30. The summed E-state index contributed by atoms with van der Waals surface area (Å²) in [5.41, 5.74) is 0. The summed E-state index contributed by atoms with van der Waals surface area (Å²) in [5.74, 6) is 0. The van der Waals surface area contributed by atoms with E-state index in [1.165, 1.54) is 0 Å². The summed E-state index contributed by atoms with van der Waals surface area (Å²) in [6.45, 7) is 8.76. The summed E-state index contributed by atoms with van der Waals surface area (Å²) in [4.78, 5) is 3.85. The molecule has 1 aliphatic rings. The van der Waals surface area contributed by atoms with Crippen molar-refractivity contribution in [1.29, 1.82) is 0 Å². The van der Waals surface area contributed by atoms with Gasteiger partial charge in [0.25, 0.3) is 0 Å². The quantitative estimate of drug-likeness (QED) is 0.627. The Morgan fingerprint density at radius 1 is 1.55 bits per heavy atom. The molecule has 0 spiro atoms. The molecular weight excluding hydrogens is 140 g/mol. The second kappa shape index (κ2) is 16.2. The van der Waals surface area contributed by atoms with Crippen LogP contribution in [0.2, 0.25) is 0 Å². The van der Waals surface area contributed by atoms with E-state index in [4.69, 9.17) is 0 Å². The number of aliphatic imine (C=N–C) groups is 1. The zero-order chi connectivity index (χ0) is 8.95. The first-order valence-electron chi connectivity index (χ1n) is 4.12. The first-order chi connectivity index (χ1) is 5.41. The van der Waals surface area contributed by atoms with Crippen LogP contribution in [0.5, 0.6) is 0 Å². The fourth-order valence-corrected chi connectivity index (χ4v) is 0.323. The maximum absolute atomic E-state index is 4.54. The molecule has 1 heterocycles. The Labute approximate surface area is 69.9 Å². The van der Waals surface area contributed by atoms with Crippen LogP contribution in [0.25, 0.3) is 0 Å². The van der Waals surface area contributed by atoms with Gasteiger partial charge in [0.15, 0.2) is 0 Å². The Kier molecular flexibility index (Phi) is 19.2. The molecule has 0 aromatic heterocycles. The zero-order valence-electron chi connectivity index (χ0n) is 8.05. The normalized spacial score (nSPS) is 12.0. The van der Waals surface area contributed by atoms with Crippen molar-refractivity contribution in [2.24, 2.45) is 4.99 Å². The molecule has 1 N–H and O–H groups in total. The average molecular weight is 160 g/mol. The van der Waals surface area contributed by atoms with E-state index in [0.29, 0.717) is 0 Å². The van der Waals surface area contributed by atoms with Gasteiger partial charge in [0, 0.05) is 20.3 Å². The molecule has 0 radical (unpaired) electrons. The molecule has 3 heteroatoms. The van der Waals surface area contributed by atoms with Crippen molar-refractivity contribution in [2.45, 2.75) is 20.8 Å². The predicted molar refractivity (Wildman–Crippen MR) is 50.3 cm³/mol. The molecule has 0 bridgehead atoms. The molecule has 1 rings (SSSR count). The van der Waals surface area contributed by atoms with E-state index >= 15 is 0 Å². The second-order valence-corrected chi connectivity index (χ2v) is 1.57. The Balaban J connectivity index is 0. The van der Waals surface area contributed by atoms with Gasteiger partial charge in [-0.25, -0.2) is 0 Å². The summed E-state index contributed by atoms with van der Waals surface area (Å²) in [6.07, 6.45) is 1.74. The summed E-state index contributed by atoms with van der Waals surface area (Å²) in [7, 11) is 1.68. The first-order valence-corrected chi connectivity index (χ1v) is 4.12. The molecule has 0 saturated heterocycles. The molecule has 11 heavy (non-hydrogen) atoms. The first kappa shape index (κ1) is 13.1. The fraction of sp³-hybridized carbons (Fsp3) is 0.875. The molecule has 0 aliphatic carbocycles. The summed E-state index contributed by atoms with van der Waals surface area (Å²) < 4.78 is 4.54. The maximum Gasteiger partial charge on any atom is 0.0825 e. The molecule has 0 aromatic carbocycles. The van der Waals surface area contributed by atoms with Gasteiger partial charge in [0.1, 0.15) is 0 Å². The number of hydrogen-bond acceptors (Lipinski definition) is 3. The van der Waals surface area contributed by atoms with Crippen LogP contribution in [0, 0.1) is 0 Å². The molecule has 68 valence electrons. The molecule has 0 saturated carbocycles. The Bertz CT molecular complexity index is 66.5. The molecule has 3 nitrogen and oxygen atoms in total. The molecule has 0 fully saturated rings. The van der Waals surface area contributed by atoms with E-state index in [2.05, 4.69) is 15.0 Å². The van der Waals surface area contributed by atoms with Crippen molar-refractivity contribution >= 4 is 6.34 Å². The highest BCUT2D eigenvalue weighted by Crippen LogP contribution is 1.68. The second-order valence-electron chi connectivity index (χ2n) is 1.57. The molecular formula is C8H20N2O. The van der Waals surface area contributed by atoms with Crippen molar-refractivity contribution in [1.82, 2.24) is 5.32 Å². The van der Waals surface area contributed by atoms with E-state index in [1.54, 1.807) is 13.4 Å². The Morgan fingerprint density at radius 2 is 2.09 bits per heavy atom. The number of hydrogen-bond donors (Lipinski definition) is 1. The lowest BCUT2D eigenvalue weighted by Gasteiger charge is -1.76. The van der Waals surface area contributed by atoms with E-state index < -0.39 is 0 Å². The van der Waals surface area contributed by atoms with Crippen LogP contribution >= 0.6 is 0 Å². The van der Waals surface area contributed by atoms with Crippen molar-refractivity contribution in [3.05, 3.63) is 0 Å². The smallest absolute Gasteiger partial charge is 0.0825 e. The minimum absolute atomic E-state index is 0.819. The SMILES string of the molecule is C1=NCCN1.CC.CCOC. The average Bonchev–Trinajstić information content (AvgIpc) is 2.65. The van der Waals surface area contributed by atoms with Gasteiger partial charge in [-0.3, -0.25) is 4.99 Å². The number of nitrogens with zero attached hydrogens (tertiary/aromatic N) is 1. The largest absolute Gasteiger partial charge is 0.385 e. The van der Waals surface area contributed by atoms with Crippen LogP contribution in [0.1, 0.15) is 20.8 Å². The fourth-order valence-electron chi connectivity index (χ4n) is 0.323. The van der Waals surface area contributed by atoms with E-state index in [1.807, 2.05) is 20.8 Å². The van der Waals surface area contributed by atoms with Crippen molar-refractivity contribution in [3.8, 4) is 0 Å². The van der Waals surface area contributed by atoms with Gasteiger partial charge in [-0.2, -0.15) is 0 Å². The number of methoxy groups -OCH3 is 1. The summed E-state index contributed by atoms with van der Waals surface area (Å²) in [6, 6.07) is 0. The van der Waals surface area contributed by atoms with Gasteiger partial charge >= 0.3 is 0 Å². The van der Waals surface area contributed by atoms with Crippen molar-refractivity contribution in [2.75, 3.05) is 26.8 Å². The van der Waals surface area contributed by atoms with Gasteiger partial charge in [-0.05, 0) is 6.92 Å². The van der Waals surface area contributed by atoms with Crippen LogP contribution in [-0.2, 0) is 4.74 Å². The third kappa shape index (κ3) is 17.7. The molecule has 0 aromatic rings. The van der Waals surface area contributed by atoms with Gasteiger partial charge in [0.2, 0.25) is 0 Å². The topological polar surface area (TPSA) is 33.6 Å². The number of rotatable bonds is 1. The monoisotopic (exact) mass is 160 g/mol. The van der Waals surface area contributed by atoms with Crippen LogP contribution in [0.3, 0.4) is 0 Å². The third-order valence-electron chi connectivity index (χ3n) is 0.856. The highest BCUT2D eigenvalue weighted by atomic mass is 16.5. The lowest BCUT2D eigenvalue weighted by Crippen LogP contribution is -2.04. The highest BCUT2D eigenvalue weighted by Gasteiger charge is 1.82. The molecule has 0 atom stereocenters. The van der Waals surface area contributed by atoms with E-state index in [9.17, 15) is 0 Å². The van der Waals surface area contributed by atoms with Crippen LogP contribution in [0.15, 0.2) is 4.99 Å². The van der Waals surface area contributed by atoms with Crippen molar-refractivity contribution in [3.63, 3.8) is 0 Å². The lowest BCUT2D eigenvalue weighted by molar-refractivity contribution is 0.215. The number of ether oxygens (including phenoxy) is 1. The van der Waals surface area contributed by atoms with Crippen LogP contribution < -0.4 is 5.32 Å². The third-order valence-corrected chi connectivity index (χ3v) is 0.856. The van der Waals surface area contributed by atoms with Crippen molar-refractivity contribution < 1.29 is 4.74 Å². The van der Waals surface area contributed by atoms with Crippen LogP contribution in [0.4, 0.5) is 0 Å². The zero-order valence-corrected chi connectivity index (χ0v) is 8.05. The standard InChI is InChI=1S/C3H6N2.C3H8O.C2H6/c1-2-5-3-4-1;1-3-4-2;1-2/h3H,1-2H2,(H,4,5);3H2,1-2H3;1-2H3. The molecule has 0 unspecified atom stereocenters. The Morgan fingerprint density at radius 3 is 2.18 bits per heavy atom. The number of nitrogens with one attached hydrogen (secondary N) is 1. The van der Waals surface area contributed by atoms with Gasteiger partial charge in [-0.1, -0.05) is 13.8 Å². The van der Waals surface area contributed by atoms with Gasteiger partial charge in [-0.15, -0.1) is 0 Å². The minimum atomic E-state index is 0.819. The highest BCUT2D eigenvalue weighted by molar-refractivity contribution is 5.56. The summed E-state index contributed by atoms with van der Waals surface area (Å²) >= 11 is 0.